The molecule has 8 nitrogen and oxygen atoms in total. The average molecular weight is 663 g/mol. The lowest BCUT2D eigenvalue weighted by molar-refractivity contribution is -0.335. The van der Waals surface area contributed by atoms with E-state index in [4.69, 9.17) is 9.68 Å². The molecule has 48 heavy (non-hydrogen) atoms. The number of carbonyl (C=O) groups excluding carboxylic acids is 2. The van der Waals surface area contributed by atoms with Crippen molar-refractivity contribution in [3.63, 3.8) is 0 Å². The third kappa shape index (κ3) is 8.54. The highest BCUT2D eigenvalue weighted by molar-refractivity contribution is 5.73. The van der Waals surface area contributed by atoms with Gasteiger partial charge < -0.3 is 29.5 Å². The van der Waals surface area contributed by atoms with Crippen LogP contribution in [0, 0.1) is 17.3 Å². The number of hydroxylamine groups is 4. The minimum absolute atomic E-state index is 0.0601. The normalized spacial score (nSPS) is 21.4. The number of rotatable bonds is 15. The summed E-state index contributed by atoms with van der Waals surface area (Å²) in [5, 5.41) is 29.0. The quantitative estimate of drug-likeness (QED) is 0.193. The van der Waals surface area contributed by atoms with Crippen LogP contribution in [0.1, 0.15) is 126 Å². The van der Waals surface area contributed by atoms with Crippen LogP contribution in [0.3, 0.4) is 0 Å². The summed E-state index contributed by atoms with van der Waals surface area (Å²) in [5.74, 6) is -0.764. The first kappa shape index (κ1) is 37.7. The van der Waals surface area contributed by atoms with E-state index in [0.717, 1.165) is 37.2 Å². The van der Waals surface area contributed by atoms with E-state index in [1.807, 2.05) is 60.7 Å². The monoisotopic (exact) mass is 662 g/mol. The van der Waals surface area contributed by atoms with E-state index in [-0.39, 0.29) is 18.3 Å². The van der Waals surface area contributed by atoms with Gasteiger partial charge in [0.25, 0.3) is 0 Å². The Morgan fingerprint density at radius 2 is 0.979 bits per heavy atom. The second kappa shape index (κ2) is 14.8. The maximum atomic E-state index is 14.0. The van der Waals surface area contributed by atoms with Crippen molar-refractivity contribution in [2.24, 2.45) is 17.3 Å². The Kier molecular flexibility index (Phi) is 11.6. The van der Waals surface area contributed by atoms with Crippen molar-refractivity contribution in [2.75, 3.05) is 0 Å². The maximum absolute atomic E-state index is 14.0. The van der Waals surface area contributed by atoms with Gasteiger partial charge in [-0.05, 0) is 136 Å². The summed E-state index contributed by atoms with van der Waals surface area (Å²) in [6, 6.07) is 19.6. The number of hydrogen-bond acceptors (Lipinski definition) is 8. The smallest absolute Gasteiger partial charge is 0.147 e. The molecular weight excluding hydrogens is 604 g/mol. The number of carbonyl (C=O) groups is 2. The highest BCUT2D eigenvalue weighted by Crippen LogP contribution is 2.58. The van der Waals surface area contributed by atoms with E-state index in [1.165, 1.54) is 0 Å². The van der Waals surface area contributed by atoms with Crippen molar-refractivity contribution in [2.45, 2.75) is 148 Å². The molecule has 4 rings (SSSR count). The van der Waals surface area contributed by atoms with Gasteiger partial charge in [0.05, 0.1) is 22.2 Å². The summed E-state index contributed by atoms with van der Waals surface area (Å²) < 4.78 is 0. The van der Waals surface area contributed by atoms with Gasteiger partial charge in [0.2, 0.25) is 0 Å². The Balaban J connectivity index is 1.67. The molecule has 2 aliphatic heterocycles. The molecule has 8 heteroatoms. The molecule has 0 unspecified atom stereocenters. The van der Waals surface area contributed by atoms with Crippen LogP contribution in [0.25, 0.3) is 0 Å². The zero-order chi connectivity index (χ0) is 35.4. The number of para-hydroxylation sites is 2. The summed E-state index contributed by atoms with van der Waals surface area (Å²) in [5.41, 5.74) is -2.93. The maximum Gasteiger partial charge on any atom is 0.147 e. The molecule has 0 bridgehead atoms. The minimum atomic E-state index is -1.08. The Bertz CT molecular complexity index is 1240. The zero-order valence-corrected chi connectivity index (χ0v) is 30.6. The molecule has 2 aromatic rings. The summed E-state index contributed by atoms with van der Waals surface area (Å²) in [6.45, 7) is 17.3. The van der Waals surface area contributed by atoms with E-state index in [2.05, 4.69) is 65.5 Å². The Morgan fingerprint density at radius 1 is 0.625 bits per heavy atom. The van der Waals surface area contributed by atoms with Gasteiger partial charge in [0.15, 0.2) is 0 Å². The second-order valence-electron chi connectivity index (χ2n) is 16.8. The van der Waals surface area contributed by atoms with Crippen LogP contribution in [0.2, 0.25) is 0 Å². The molecule has 0 N–H and O–H groups in total. The van der Waals surface area contributed by atoms with Crippen molar-refractivity contribution in [3.8, 4) is 11.5 Å². The predicted octanol–water partition coefficient (Wildman–Crippen LogP) is 6.73. The van der Waals surface area contributed by atoms with E-state index < -0.39 is 39.5 Å². The third-order valence-corrected chi connectivity index (χ3v) is 10.9. The van der Waals surface area contributed by atoms with Gasteiger partial charge in [-0.25, -0.2) is 0 Å². The number of aliphatic carboxylic acids is 2. The SMILES string of the molecule is CC1(C)CC(C(CCCCCCCC(=O)[O-])(C(=O)[O-])C2CC(C)(C)N(Oc3ccccc3)C(C)(C)C2)CC(C)(C)N1Oc1ccccc1. The lowest BCUT2D eigenvalue weighted by Crippen LogP contribution is -2.69. The van der Waals surface area contributed by atoms with Gasteiger partial charge in [0.1, 0.15) is 11.5 Å². The molecule has 2 aliphatic rings. The fourth-order valence-electron chi connectivity index (χ4n) is 9.32. The number of carboxylic acid groups (broad SMARTS) is 2. The van der Waals surface area contributed by atoms with E-state index in [1.54, 1.807) is 0 Å². The Hall–Kier alpha value is -3.10. The van der Waals surface area contributed by atoms with Crippen molar-refractivity contribution >= 4 is 11.9 Å². The van der Waals surface area contributed by atoms with Gasteiger partial charge in [-0.1, -0.05) is 62.1 Å². The van der Waals surface area contributed by atoms with Gasteiger partial charge >= 0.3 is 0 Å². The van der Waals surface area contributed by atoms with Crippen LogP contribution >= 0.6 is 0 Å². The molecule has 0 amide bonds. The van der Waals surface area contributed by atoms with Crippen LogP contribution in [-0.4, -0.2) is 44.2 Å². The lowest BCUT2D eigenvalue weighted by Gasteiger charge is -2.62. The number of unbranched alkanes of at least 4 members (excludes halogenated alkanes) is 4. The first-order chi connectivity index (χ1) is 22.4. The van der Waals surface area contributed by atoms with Crippen LogP contribution in [-0.2, 0) is 9.59 Å². The molecule has 0 aliphatic carbocycles. The van der Waals surface area contributed by atoms with Gasteiger partial charge in [-0.15, -0.1) is 10.1 Å². The highest BCUT2D eigenvalue weighted by Gasteiger charge is 2.60. The minimum Gasteiger partial charge on any atom is -0.550 e. The largest absolute Gasteiger partial charge is 0.550 e. The Labute approximate surface area is 288 Å². The topological polar surface area (TPSA) is 105 Å². The fourth-order valence-corrected chi connectivity index (χ4v) is 9.32. The highest BCUT2D eigenvalue weighted by atomic mass is 16.7. The molecule has 0 radical (unpaired) electrons. The van der Waals surface area contributed by atoms with Crippen molar-refractivity contribution in [3.05, 3.63) is 60.7 Å². The van der Waals surface area contributed by atoms with Crippen molar-refractivity contribution < 1.29 is 29.5 Å². The third-order valence-electron chi connectivity index (χ3n) is 10.9. The fraction of sp³-hybridized carbons (Fsp3) is 0.650. The number of nitrogens with zero attached hydrogens (tertiary/aromatic N) is 2. The zero-order valence-electron chi connectivity index (χ0n) is 30.6. The summed E-state index contributed by atoms with van der Waals surface area (Å²) in [4.78, 5) is 38.0. The first-order valence-corrected chi connectivity index (χ1v) is 17.9. The Morgan fingerprint density at radius 3 is 1.33 bits per heavy atom. The van der Waals surface area contributed by atoms with Gasteiger partial charge in [-0.3, -0.25) is 0 Å². The molecule has 266 valence electrons. The van der Waals surface area contributed by atoms with Crippen LogP contribution < -0.4 is 19.9 Å². The number of piperidine rings is 2. The van der Waals surface area contributed by atoms with E-state index >= 15 is 0 Å². The molecule has 0 spiro atoms. The van der Waals surface area contributed by atoms with Crippen molar-refractivity contribution in [1.82, 2.24) is 10.1 Å². The lowest BCUT2D eigenvalue weighted by atomic mass is 9.52. The standard InChI is InChI=1S/C40H60N2O6/c1-36(2)26-30(27-37(3,4)41(36)47-32-20-14-12-15-21-32)40(35(45)46,25-19-11-9-10-18-24-34(43)44)31-28-38(5,6)42(39(7,8)29-31)48-33-22-16-13-17-23-33/h12-17,20-23,30-31H,9-11,18-19,24-29H2,1-8H3,(H,43,44)(H,45,46)/p-2. The molecule has 2 fully saturated rings. The molecule has 0 saturated carbocycles. The second-order valence-corrected chi connectivity index (χ2v) is 16.8. The molecule has 2 aromatic carbocycles. The molecule has 0 atom stereocenters. The van der Waals surface area contributed by atoms with E-state index in [9.17, 15) is 19.8 Å². The molecular formula is C40H58N2O6-2. The summed E-state index contributed by atoms with van der Waals surface area (Å²) in [7, 11) is 0. The molecule has 0 aromatic heterocycles. The molecule has 2 saturated heterocycles. The van der Waals surface area contributed by atoms with Gasteiger partial charge in [-0.2, -0.15) is 0 Å². The number of hydrogen-bond donors (Lipinski definition) is 0. The summed E-state index contributed by atoms with van der Waals surface area (Å²) in [6.07, 6.45) is 6.96. The van der Waals surface area contributed by atoms with E-state index in [0.29, 0.717) is 38.5 Å². The number of benzene rings is 2. The summed E-state index contributed by atoms with van der Waals surface area (Å²) >= 11 is 0. The average Bonchev–Trinajstić information content (AvgIpc) is 2.98. The predicted molar refractivity (Wildman–Crippen MR) is 184 cm³/mol. The van der Waals surface area contributed by atoms with Crippen molar-refractivity contribution in [1.29, 1.82) is 0 Å². The first-order valence-electron chi connectivity index (χ1n) is 17.9. The molecule has 2 heterocycles. The number of carboxylic acids is 2. The van der Waals surface area contributed by atoms with Crippen LogP contribution in [0.4, 0.5) is 0 Å². The van der Waals surface area contributed by atoms with Crippen LogP contribution in [0.15, 0.2) is 60.7 Å². The van der Waals surface area contributed by atoms with Crippen LogP contribution in [0.5, 0.6) is 11.5 Å². The van der Waals surface area contributed by atoms with Gasteiger partial charge in [0, 0.05) is 17.4 Å².